The minimum Gasteiger partial charge on any atom is -0.303 e. The molecule has 2 aliphatic heterocycles. The largest absolute Gasteiger partial charge is 0.303 e. The van der Waals surface area contributed by atoms with Crippen molar-refractivity contribution in [2.24, 2.45) is 0 Å². The van der Waals surface area contributed by atoms with Crippen LogP contribution in [0.1, 0.15) is 19.8 Å². The van der Waals surface area contributed by atoms with Gasteiger partial charge in [-0.3, -0.25) is 10.3 Å². The fourth-order valence-electron chi connectivity index (χ4n) is 1.85. The molecule has 2 rings (SSSR count). The second kappa shape index (κ2) is 3.70. The van der Waals surface area contributed by atoms with E-state index in [4.69, 9.17) is 0 Å². The third-order valence-electron chi connectivity index (χ3n) is 2.70. The second-order valence-electron chi connectivity index (χ2n) is 3.75. The molecule has 70 valence electrons. The Morgan fingerprint density at radius 1 is 1.25 bits per heavy atom. The Balaban J connectivity index is 1.80. The standard InChI is InChI=1S/C8H18N4/c1-7-2-3-8(11-10-7)12-5-4-9-6-12/h7-11H,2-6H2,1H3. The van der Waals surface area contributed by atoms with Crippen LogP contribution in [0.4, 0.5) is 0 Å². The predicted molar refractivity (Wildman–Crippen MR) is 48.3 cm³/mol. The Morgan fingerprint density at radius 2 is 2.17 bits per heavy atom. The molecule has 0 aromatic rings. The van der Waals surface area contributed by atoms with Crippen LogP contribution in [0.5, 0.6) is 0 Å². The lowest BCUT2D eigenvalue weighted by molar-refractivity contribution is 0.128. The molecule has 2 saturated heterocycles. The summed E-state index contributed by atoms with van der Waals surface area (Å²) in [6, 6.07) is 0.622. The summed E-state index contributed by atoms with van der Waals surface area (Å²) in [7, 11) is 0. The minimum absolute atomic E-state index is 0.538. The number of nitrogens with zero attached hydrogens (tertiary/aromatic N) is 1. The third-order valence-corrected chi connectivity index (χ3v) is 2.70. The third kappa shape index (κ3) is 1.77. The highest BCUT2D eigenvalue weighted by atomic mass is 15.5. The number of hydrazine groups is 1. The van der Waals surface area contributed by atoms with Crippen molar-refractivity contribution in [2.45, 2.75) is 32.0 Å². The maximum atomic E-state index is 3.35. The van der Waals surface area contributed by atoms with Gasteiger partial charge in [0.1, 0.15) is 0 Å². The normalized spacial score (nSPS) is 38.8. The van der Waals surface area contributed by atoms with Gasteiger partial charge in [0.2, 0.25) is 0 Å². The van der Waals surface area contributed by atoms with Crippen molar-refractivity contribution in [1.82, 2.24) is 21.1 Å². The molecule has 0 aromatic heterocycles. The molecule has 2 aliphatic rings. The van der Waals surface area contributed by atoms with Crippen LogP contribution in [0.25, 0.3) is 0 Å². The Kier molecular flexibility index (Phi) is 2.60. The van der Waals surface area contributed by atoms with Gasteiger partial charge in [-0.05, 0) is 19.8 Å². The number of hydrogen-bond acceptors (Lipinski definition) is 4. The van der Waals surface area contributed by atoms with E-state index in [0.29, 0.717) is 12.2 Å². The van der Waals surface area contributed by atoms with E-state index >= 15 is 0 Å². The zero-order valence-corrected chi connectivity index (χ0v) is 7.64. The van der Waals surface area contributed by atoms with Crippen LogP contribution in [0, 0.1) is 0 Å². The molecule has 0 aromatic carbocycles. The van der Waals surface area contributed by atoms with E-state index in [-0.39, 0.29) is 0 Å². The van der Waals surface area contributed by atoms with Gasteiger partial charge in [0.25, 0.3) is 0 Å². The number of nitrogens with one attached hydrogen (secondary N) is 3. The van der Waals surface area contributed by atoms with Crippen LogP contribution >= 0.6 is 0 Å². The molecule has 0 aliphatic carbocycles. The SMILES string of the molecule is CC1CCC(N2CCNC2)NN1. The zero-order valence-electron chi connectivity index (χ0n) is 7.64. The van der Waals surface area contributed by atoms with E-state index in [2.05, 4.69) is 28.0 Å². The predicted octanol–water partition coefficient (Wildman–Crippen LogP) is -0.548. The summed E-state index contributed by atoms with van der Waals surface area (Å²) in [6.45, 7) is 5.56. The first-order valence-corrected chi connectivity index (χ1v) is 4.82. The molecule has 4 heteroatoms. The smallest absolute Gasteiger partial charge is 0.0740 e. The quantitative estimate of drug-likeness (QED) is 0.494. The van der Waals surface area contributed by atoms with E-state index < -0.39 is 0 Å². The van der Waals surface area contributed by atoms with Crippen molar-refractivity contribution >= 4 is 0 Å². The fourth-order valence-corrected chi connectivity index (χ4v) is 1.85. The van der Waals surface area contributed by atoms with Gasteiger partial charge in [-0.25, -0.2) is 5.43 Å². The average Bonchev–Trinajstić information content (AvgIpc) is 2.58. The maximum absolute atomic E-state index is 3.35. The molecule has 0 bridgehead atoms. The molecular formula is C8H18N4. The van der Waals surface area contributed by atoms with Crippen molar-refractivity contribution < 1.29 is 0 Å². The Labute approximate surface area is 73.7 Å². The topological polar surface area (TPSA) is 39.3 Å². The van der Waals surface area contributed by atoms with E-state index in [1.54, 1.807) is 0 Å². The summed E-state index contributed by atoms with van der Waals surface area (Å²) in [6.07, 6.45) is 3.07. The van der Waals surface area contributed by atoms with Crippen LogP contribution in [0.3, 0.4) is 0 Å². The van der Waals surface area contributed by atoms with E-state index in [1.807, 2.05) is 0 Å². The number of hydrogen-bond donors (Lipinski definition) is 3. The van der Waals surface area contributed by atoms with Crippen LogP contribution in [0.2, 0.25) is 0 Å². The lowest BCUT2D eigenvalue weighted by atomic mass is 10.1. The van der Waals surface area contributed by atoms with Gasteiger partial charge in [-0.1, -0.05) is 0 Å². The van der Waals surface area contributed by atoms with Gasteiger partial charge >= 0.3 is 0 Å². The summed E-state index contributed by atoms with van der Waals surface area (Å²) in [5, 5.41) is 3.34. The van der Waals surface area contributed by atoms with Crippen LogP contribution in [0.15, 0.2) is 0 Å². The number of rotatable bonds is 1. The zero-order chi connectivity index (χ0) is 8.39. The second-order valence-corrected chi connectivity index (χ2v) is 3.75. The molecule has 3 N–H and O–H groups in total. The van der Waals surface area contributed by atoms with Gasteiger partial charge < -0.3 is 5.32 Å². The average molecular weight is 170 g/mol. The molecular weight excluding hydrogens is 152 g/mol. The molecule has 2 unspecified atom stereocenters. The Hall–Kier alpha value is -0.160. The highest BCUT2D eigenvalue weighted by Gasteiger charge is 2.24. The Bertz CT molecular complexity index is 136. The monoisotopic (exact) mass is 170 g/mol. The van der Waals surface area contributed by atoms with Crippen molar-refractivity contribution in [1.29, 1.82) is 0 Å². The Morgan fingerprint density at radius 3 is 2.75 bits per heavy atom. The summed E-state index contributed by atoms with van der Waals surface area (Å²) >= 11 is 0. The first-order chi connectivity index (χ1) is 5.86. The molecule has 0 spiro atoms. The van der Waals surface area contributed by atoms with Crippen LogP contribution in [-0.2, 0) is 0 Å². The van der Waals surface area contributed by atoms with Gasteiger partial charge in [0, 0.05) is 25.8 Å². The lowest BCUT2D eigenvalue weighted by Crippen LogP contribution is -2.57. The molecule has 2 heterocycles. The van der Waals surface area contributed by atoms with Crippen molar-refractivity contribution in [2.75, 3.05) is 19.8 Å². The molecule has 2 fully saturated rings. The summed E-state index contributed by atoms with van der Waals surface area (Å²) in [4.78, 5) is 2.44. The van der Waals surface area contributed by atoms with Crippen LogP contribution in [-0.4, -0.2) is 36.9 Å². The summed E-state index contributed by atoms with van der Waals surface area (Å²) in [5.41, 5.74) is 6.64. The minimum atomic E-state index is 0.538. The van der Waals surface area contributed by atoms with Crippen molar-refractivity contribution in [3.8, 4) is 0 Å². The van der Waals surface area contributed by atoms with Crippen molar-refractivity contribution in [3.05, 3.63) is 0 Å². The fraction of sp³-hybridized carbons (Fsp3) is 1.00. The van der Waals surface area contributed by atoms with Crippen molar-refractivity contribution in [3.63, 3.8) is 0 Å². The van der Waals surface area contributed by atoms with Gasteiger partial charge in [-0.2, -0.15) is 0 Å². The summed E-state index contributed by atoms with van der Waals surface area (Å²) in [5.74, 6) is 0. The van der Waals surface area contributed by atoms with E-state index in [0.717, 1.165) is 13.2 Å². The first-order valence-electron chi connectivity index (χ1n) is 4.82. The first kappa shape index (κ1) is 8.44. The lowest BCUT2D eigenvalue weighted by Gasteiger charge is -2.34. The van der Waals surface area contributed by atoms with Gasteiger partial charge in [0.05, 0.1) is 6.17 Å². The van der Waals surface area contributed by atoms with Gasteiger partial charge in [-0.15, -0.1) is 0 Å². The molecule has 4 nitrogen and oxygen atoms in total. The van der Waals surface area contributed by atoms with Gasteiger partial charge in [0.15, 0.2) is 0 Å². The molecule has 0 amide bonds. The highest BCUT2D eigenvalue weighted by molar-refractivity contribution is 4.78. The highest BCUT2D eigenvalue weighted by Crippen LogP contribution is 2.10. The van der Waals surface area contributed by atoms with Crippen LogP contribution < -0.4 is 16.2 Å². The summed E-state index contributed by atoms with van der Waals surface area (Å²) < 4.78 is 0. The molecule has 12 heavy (non-hydrogen) atoms. The van der Waals surface area contributed by atoms with E-state index in [9.17, 15) is 0 Å². The molecule has 0 saturated carbocycles. The van der Waals surface area contributed by atoms with E-state index in [1.165, 1.54) is 19.4 Å². The maximum Gasteiger partial charge on any atom is 0.0740 e. The molecule has 2 atom stereocenters. The molecule has 0 radical (unpaired) electrons.